The van der Waals surface area contributed by atoms with Gasteiger partial charge in [-0.15, -0.1) is 0 Å². The minimum Gasteiger partial charge on any atom is -0.381 e. The minimum absolute atomic E-state index is 0.0984. The minimum atomic E-state index is 0.0984. The third kappa shape index (κ3) is 2.16. The van der Waals surface area contributed by atoms with E-state index in [4.69, 9.17) is 5.11 Å². The van der Waals surface area contributed by atoms with Gasteiger partial charge in [-0.05, 0) is 12.8 Å². The van der Waals surface area contributed by atoms with E-state index in [2.05, 4.69) is 4.72 Å². The summed E-state index contributed by atoms with van der Waals surface area (Å²) in [5, 5.41) is 9.01. The molecule has 0 radical (unpaired) electrons. The SMILES string of the molecule is OCNSC1CC1. The largest absolute Gasteiger partial charge is 0.381 e. The first kappa shape index (κ1) is 5.41. The summed E-state index contributed by atoms with van der Waals surface area (Å²) in [6.07, 6.45) is 2.63. The summed E-state index contributed by atoms with van der Waals surface area (Å²) in [4.78, 5) is 0. The quantitative estimate of drug-likeness (QED) is 0.415. The maximum Gasteiger partial charge on any atom is 0.102 e. The second-order valence-corrected chi connectivity index (χ2v) is 2.81. The Morgan fingerprint density at radius 3 is 2.86 bits per heavy atom. The van der Waals surface area contributed by atoms with Crippen molar-refractivity contribution in [1.82, 2.24) is 4.72 Å². The zero-order chi connectivity index (χ0) is 5.11. The lowest BCUT2D eigenvalue weighted by molar-refractivity contribution is 0.293. The van der Waals surface area contributed by atoms with Gasteiger partial charge >= 0.3 is 0 Å². The topological polar surface area (TPSA) is 32.3 Å². The monoisotopic (exact) mass is 119 g/mol. The summed E-state index contributed by atoms with van der Waals surface area (Å²) in [6, 6.07) is 0. The fraction of sp³-hybridized carbons (Fsp3) is 1.00. The second kappa shape index (κ2) is 2.55. The number of hydrogen-bond donors (Lipinski definition) is 2. The molecule has 2 nitrogen and oxygen atoms in total. The zero-order valence-corrected chi connectivity index (χ0v) is 4.87. The van der Waals surface area contributed by atoms with Crippen molar-refractivity contribution >= 4 is 11.9 Å². The Morgan fingerprint density at radius 2 is 2.43 bits per heavy atom. The summed E-state index contributed by atoms with van der Waals surface area (Å²) < 4.78 is 2.78. The first-order valence-corrected chi connectivity index (χ1v) is 3.31. The van der Waals surface area contributed by atoms with Crippen LogP contribution >= 0.6 is 11.9 Å². The maximum atomic E-state index is 8.21. The molecule has 0 amide bonds. The molecule has 2 N–H and O–H groups in total. The van der Waals surface area contributed by atoms with Crippen molar-refractivity contribution in [2.24, 2.45) is 0 Å². The molecule has 42 valence electrons. The summed E-state index contributed by atoms with van der Waals surface area (Å²) in [5.74, 6) is 0. The molecular weight excluding hydrogens is 110 g/mol. The van der Waals surface area contributed by atoms with Crippen LogP contribution in [0, 0.1) is 0 Å². The van der Waals surface area contributed by atoms with Gasteiger partial charge < -0.3 is 5.11 Å². The van der Waals surface area contributed by atoms with Crippen LogP contribution in [0.4, 0.5) is 0 Å². The van der Waals surface area contributed by atoms with E-state index in [1.165, 1.54) is 12.8 Å². The fourth-order valence-corrected chi connectivity index (χ4v) is 1.02. The predicted octanol–water partition coefficient (Wildman–Crippen LogP) is 0.336. The van der Waals surface area contributed by atoms with E-state index >= 15 is 0 Å². The Kier molecular flexibility index (Phi) is 1.97. The Hall–Kier alpha value is 0.270. The van der Waals surface area contributed by atoms with Crippen LogP contribution in [0.2, 0.25) is 0 Å². The molecule has 0 saturated heterocycles. The van der Waals surface area contributed by atoms with Crippen molar-refractivity contribution in [2.45, 2.75) is 18.1 Å². The highest BCUT2D eigenvalue weighted by Crippen LogP contribution is 2.31. The van der Waals surface area contributed by atoms with Crippen molar-refractivity contribution in [3.05, 3.63) is 0 Å². The van der Waals surface area contributed by atoms with E-state index in [-0.39, 0.29) is 6.73 Å². The highest BCUT2D eigenvalue weighted by atomic mass is 32.2. The normalized spacial score (nSPS) is 20.1. The Balaban J connectivity index is 1.80. The summed E-state index contributed by atoms with van der Waals surface area (Å²) in [5.41, 5.74) is 0. The van der Waals surface area contributed by atoms with E-state index < -0.39 is 0 Å². The van der Waals surface area contributed by atoms with Crippen molar-refractivity contribution in [1.29, 1.82) is 0 Å². The molecule has 7 heavy (non-hydrogen) atoms. The van der Waals surface area contributed by atoms with Gasteiger partial charge in [0.1, 0.15) is 6.73 Å². The zero-order valence-electron chi connectivity index (χ0n) is 4.05. The van der Waals surface area contributed by atoms with Gasteiger partial charge in [0, 0.05) is 5.25 Å². The maximum absolute atomic E-state index is 8.21. The first-order valence-electron chi connectivity index (χ1n) is 2.43. The number of hydrogen-bond acceptors (Lipinski definition) is 3. The van der Waals surface area contributed by atoms with E-state index in [0.29, 0.717) is 0 Å². The van der Waals surface area contributed by atoms with Gasteiger partial charge in [-0.25, -0.2) is 4.72 Å². The van der Waals surface area contributed by atoms with Gasteiger partial charge in [-0.3, -0.25) is 0 Å². The lowest BCUT2D eigenvalue weighted by atomic mass is 11.0. The summed E-state index contributed by atoms with van der Waals surface area (Å²) in [6.45, 7) is 0.0984. The van der Waals surface area contributed by atoms with Crippen LogP contribution in [0.3, 0.4) is 0 Å². The third-order valence-corrected chi connectivity index (χ3v) is 1.94. The molecule has 0 aromatic carbocycles. The van der Waals surface area contributed by atoms with Crippen molar-refractivity contribution in [2.75, 3.05) is 6.73 Å². The first-order chi connectivity index (χ1) is 3.43. The highest BCUT2D eigenvalue weighted by Gasteiger charge is 2.21. The lowest BCUT2D eigenvalue weighted by Crippen LogP contribution is -2.04. The molecule has 0 aromatic heterocycles. The number of rotatable bonds is 3. The van der Waals surface area contributed by atoms with Crippen LogP contribution in [-0.4, -0.2) is 17.1 Å². The second-order valence-electron chi connectivity index (χ2n) is 1.62. The van der Waals surface area contributed by atoms with Crippen molar-refractivity contribution < 1.29 is 5.11 Å². The predicted molar refractivity (Wildman–Crippen MR) is 30.8 cm³/mol. The van der Waals surface area contributed by atoms with Crippen LogP contribution < -0.4 is 4.72 Å². The van der Waals surface area contributed by atoms with Gasteiger partial charge in [0.15, 0.2) is 0 Å². The molecule has 1 aliphatic rings. The molecule has 0 unspecified atom stereocenters. The Bertz CT molecular complexity index is 55.7. The smallest absolute Gasteiger partial charge is 0.102 e. The molecule has 1 saturated carbocycles. The molecule has 0 aromatic rings. The number of aliphatic hydroxyl groups is 1. The average molecular weight is 119 g/mol. The van der Waals surface area contributed by atoms with E-state index in [9.17, 15) is 0 Å². The standard InChI is InChI=1S/C4H9NOS/c6-3-5-7-4-1-2-4/h4-6H,1-3H2. The van der Waals surface area contributed by atoms with Crippen LogP contribution in [0.15, 0.2) is 0 Å². The summed E-state index contributed by atoms with van der Waals surface area (Å²) >= 11 is 1.64. The van der Waals surface area contributed by atoms with Gasteiger partial charge in [0.2, 0.25) is 0 Å². The highest BCUT2D eigenvalue weighted by molar-refractivity contribution is 7.98. The average Bonchev–Trinajstić information content (AvgIpc) is 2.42. The molecular formula is C4H9NOS. The summed E-state index contributed by atoms with van der Waals surface area (Å²) in [7, 11) is 0. The molecule has 1 fully saturated rings. The van der Waals surface area contributed by atoms with Crippen LogP contribution in [0.25, 0.3) is 0 Å². The number of nitrogens with one attached hydrogen (secondary N) is 1. The molecule has 3 heteroatoms. The van der Waals surface area contributed by atoms with E-state index in [1.807, 2.05) is 0 Å². The Morgan fingerprint density at radius 1 is 1.71 bits per heavy atom. The molecule has 0 atom stereocenters. The lowest BCUT2D eigenvalue weighted by Gasteiger charge is -1.92. The molecule has 1 rings (SSSR count). The van der Waals surface area contributed by atoms with Crippen molar-refractivity contribution in [3.63, 3.8) is 0 Å². The Labute approximate surface area is 47.4 Å². The molecule has 0 heterocycles. The number of aliphatic hydroxyl groups excluding tert-OH is 1. The molecule has 0 spiro atoms. The van der Waals surface area contributed by atoms with Crippen LogP contribution in [0.1, 0.15) is 12.8 Å². The van der Waals surface area contributed by atoms with Crippen molar-refractivity contribution in [3.8, 4) is 0 Å². The van der Waals surface area contributed by atoms with Crippen LogP contribution in [-0.2, 0) is 0 Å². The van der Waals surface area contributed by atoms with Gasteiger partial charge in [0.05, 0.1) is 0 Å². The van der Waals surface area contributed by atoms with Crippen LogP contribution in [0.5, 0.6) is 0 Å². The molecule has 1 aliphatic carbocycles. The fourth-order valence-electron chi connectivity index (χ4n) is 0.341. The van der Waals surface area contributed by atoms with Gasteiger partial charge in [-0.2, -0.15) is 0 Å². The molecule has 0 aliphatic heterocycles. The molecule has 0 bridgehead atoms. The van der Waals surface area contributed by atoms with E-state index in [1.54, 1.807) is 11.9 Å². The van der Waals surface area contributed by atoms with Gasteiger partial charge in [-0.1, -0.05) is 11.9 Å². The van der Waals surface area contributed by atoms with Gasteiger partial charge in [0.25, 0.3) is 0 Å². The third-order valence-electron chi connectivity index (χ3n) is 0.839. The van der Waals surface area contributed by atoms with E-state index in [0.717, 1.165) is 5.25 Å².